The van der Waals surface area contributed by atoms with Crippen LogP contribution in [0, 0.1) is 5.92 Å². The zero-order valence-electron chi connectivity index (χ0n) is 15.9. The van der Waals surface area contributed by atoms with Gasteiger partial charge < -0.3 is 10.1 Å². The molecule has 28 heavy (non-hydrogen) atoms. The second-order valence-corrected chi connectivity index (χ2v) is 8.63. The summed E-state index contributed by atoms with van der Waals surface area (Å²) in [7, 11) is -3.59. The minimum absolute atomic E-state index is 0.0121. The van der Waals surface area contributed by atoms with Gasteiger partial charge in [-0.2, -0.15) is 0 Å². The van der Waals surface area contributed by atoms with Gasteiger partial charge >= 0.3 is 12.0 Å². The highest BCUT2D eigenvalue weighted by Crippen LogP contribution is 2.23. The van der Waals surface area contributed by atoms with E-state index in [9.17, 15) is 22.8 Å². The smallest absolute Gasteiger partial charge is 0.340 e. The second kappa shape index (κ2) is 9.54. The highest BCUT2D eigenvalue weighted by molar-refractivity contribution is 7.92. The van der Waals surface area contributed by atoms with Crippen molar-refractivity contribution in [2.45, 2.75) is 38.6 Å². The molecule has 0 aromatic heterocycles. The molecule has 9 nitrogen and oxygen atoms in total. The van der Waals surface area contributed by atoms with Gasteiger partial charge in [0.05, 0.1) is 17.5 Å². The number of urea groups is 1. The summed E-state index contributed by atoms with van der Waals surface area (Å²) in [5.41, 5.74) is 0.000597. The number of rotatable bonds is 6. The third-order valence-corrected chi connectivity index (χ3v) is 5.05. The summed E-state index contributed by atoms with van der Waals surface area (Å²) in [6.45, 7) is 1.38. The molecule has 3 amide bonds. The molecule has 0 spiro atoms. The number of esters is 1. The van der Waals surface area contributed by atoms with E-state index in [0.717, 1.165) is 31.9 Å². The Labute approximate surface area is 164 Å². The van der Waals surface area contributed by atoms with Gasteiger partial charge in [0.15, 0.2) is 6.61 Å². The molecule has 0 unspecified atom stereocenters. The summed E-state index contributed by atoms with van der Waals surface area (Å²) >= 11 is 0. The molecule has 3 N–H and O–H groups in total. The Balaban J connectivity index is 1.85. The lowest BCUT2D eigenvalue weighted by atomic mass is 9.86. The van der Waals surface area contributed by atoms with Crippen LogP contribution in [0.4, 0.5) is 10.5 Å². The predicted octanol–water partition coefficient (Wildman–Crippen LogP) is 1.62. The molecule has 0 heterocycles. The third-order valence-electron chi connectivity index (χ3n) is 4.46. The van der Waals surface area contributed by atoms with Crippen LogP contribution in [0.1, 0.15) is 43.0 Å². The first-order chi connectivity index (χ1) is 13.2. The standard InChI is InChI=1S/C18H25N3O6S/c1-12-7-3-5-9-14(12)19-18(24)20-16(22)11-27-17(23)13-8-4-6-10-15(13)21-28(2,25)26/h4,6,8,10,12,14,21H,3,5,7,9,11H2,1-2H3,(H2,19,20,22,24)/t12-,14-/m1/s1. The van der Waals surface area contributed by atoms with E-state index in [-0.39, 0.29) is 17.3 Å². The summed E-state index contributed by atoms with van der Waals surface area (Å²) in [6.07, 6.45) is 5.00. The molecule has 154 valence electrons. The van der Waals surface area contributed by atoms with Gasteiger partial charge in [-0.25, -0.2) is 18.0 Å². The largest absolute Gasteiger partial charge is 0.452 e. The van der Waals surface area contributed by atoms with E-state index in [4.69, 9.17) is 4.74 Å². The van der Waals surface area contributed by atoms with Crippen molar-refractivity contribution in [2.24, 2.45) is 5.92 Å². The predicted molar refractivity (Wildman–Crippen MR) is 103 cm³/mol. The Morgan fingerprint density at radius 1 is 1.14 bits per heavy atom. The van der Waals surface area contributed by atoms with E-state index in [0.29, 0.717) is 5.92 Å². The Hall–Kier alpha value is -2.62. The van der Waals surface area contributed by atoms with Crippen molar-refractivity contribution < 1.29 is 27.5 Å². The number of amides is 3. The van der Waals surface area contributed by atoms with Gasteiger partial charge in [0.2, 0.25) is 10.0 Å². The number of benzene rings is 1. The van der Waals surface area contributed by atoms with Crippen LogP contribution in [0.15, 0.2) is 24.3 Å². The molecule has 2 atom stereocenters. The van der Waals surface area contributed by atoms with Gasteiger partial charge in [0, 0.05) is 6.04 Å². The van der Waals surface area contributed by atoms with E-state index in [1.54, 1.807) is 6.07 Å². The van der Waals surface area contributed by atoms with Crippen molar-refractivity contribution in [2.75, 3.05) is 17.6 Å². The SMILES string of the molecule is C[C@@H]1CCCC[C@H]1NC(=O)NC(=O)COC(=O)c1ccccc1NS(C)(=O)=O. The van der Waals surface area contributed by atoms with Crippen LogP contribution in [0.5, 0.6) is 0 Å². The van der Waals surface area contributed by atoms with E-state index >= 15 is 0 Å². The topological polar surface area (TPSA) is 131 Å². The number of ether oxygens (including phenoxy) is 1. The summed E-state index contributed by atoms with van der Waals surface area (Å²) in [5.74, 6) is -1.32. The molecular formula is C18H25N3O6S. The first-order valence-electron chi connectivity index (χ1n) is 9.00. The maximum Gasteiger partial charge on any atom is 0.340 e. The lowest BCUT2D eigenvalue weighted by Crippen LogP contribution is -2.48. The van der Waals surface area contributed by atoms with E-state index in [1.807, 2.05) is 0 Å². The minimum atomic E-state index is -3.59. The van der Waals surface area contributed by atoms with Crippen molar-refractivity contribution in [3.8, 4) is 0 Å². The van der Waals surface area contributed by atoms with Crippen molar-refractivity contribution in [3.63, 3.8) is 0 Å². The van der Waals surface area contributed by atoms with Crippen LogP contribution in [0.25, 0.3) is 0 Å². The third kappa shape index (κ3) is 6.84. The minimum Gasteiger partial charge on any atom is -0.452 e. The van der Waals surface area contributed by atoms with Gasteiger partial charge in [0.25, 0.3) is 5.91 Å². The fraction of sp³-hybridized carbons (Fsp3) is 0.500. The average molecular weight is 411 g/mol. The Bertz CT molecular complexity index is 839. The number of nitrogens with one attached hydrogen (secondary N) is 3. The molecule has 1 aromatic rings. The van der Waals surface area contributed by atoms with Gasteiger partial charge in [0.1, 0.15) is 0 Å². The van der Waals surface area contributed by atoms with Crippen LogP contribution in [-0.2, 0) is 19.6 Å². The number of hydrogen-bond acceptors (Lipinski definition) is 6. The highest BCUT2D eigenvalue weighted by atomic mass is 32.2. The fourth-order valence-corrected chi connectivity index (χ4v) is 3.63. The van der Waals surface area contributed by atoms with Crippen molar-refractivity contribution in [3.05, 3.63) is 29.8 Å². The van der Waals surface area contributed by atoms with Crippen LogP contribution in [0.2, 0.25) is 0 Å². The van der Waals surface area contributed by atoms with Crippen molar-refractivity contribution >= 4 is 33.6 Å². The second-order valence-electron chi connectivity index (χ2n) is 6.89. The molecule has 2 rings (SSSR count). The van der Waals surface area contributed by atoms with E-state index in [1.165, 1.54) is 18.2 Å². The zero-order valence-corrected chi connectivity index (χ0v) is 16.7. The molecule has 0 saturated heterocycles. The maximum absolute atomic E-state index is 12.2. The number of anilines is 1. The summed E-state index contributed by atoms with van der Waals surface area (Å²) in [4.78, 5) is 36.0. The number of hydrogen-bond donors (Lipinski definition) is 3. The van der Waals surface area contributed by atoms with Gasteiger partial charge in [-0.15, -0.1) is 0 Å². The number of para-hydroxylation sites is 1. The summed E-state index contributed by atoms with van der Waals surface area (Å²) in [6, 6.07) is 5.23. The van der Waals surface area contributed by atoms with E-state index in [2.05, 4.69) is 22.3 Å². The molecule has 0 radical (unpaired) electrons. The molecule has 1 aliphatic rings. The van der Waals surface area contributed by atoms with Gasteiger partial charge in [-0.3, -0.25) is 14.8 Å². The highest BCUT2D eigenvalue weighted by Gasteiger charge is 2.23. The monoisotopic (exact) mass is 411 g/mol. The molecule has 0 aliphatic heterocycles. The Morgan fingerprint density at radius 2 is 1.82 bits per heavy atom. The average Bonchev–Trinajstić information content (AvgIpc) is 2.60. The fourth-order valence-electron chi connectivity index (χ4n) is 3.06. The van der Waals surface area contributed by atoms with Crippen LogP contribution in [0.3, 0.4) is 0 Å². The molecule has 1 saturated carbocycles. The van der Waals surface area contributed by atoms with Crippen molar-refractivity contribution in [1.82, 2.24) is 10.6 Å². The van der Waals surface area contributed by atoms with Crippen LogP contribution < -0.4 is 15.4 Å². The number of carbonyl (C=O) groups is 3. The van der Waals surface area contributed by atoms with Gasteiger partial charge in [-0.05, 0) is 30.9 Å². The lowest BCUT2D eigenvalue weighted by molar-refractivity contribution is -0.123. The van der Waals surface area contributed by atoms with Gasteiger partial charge in [-0.1, -0.05) is 31.9 Å². The molecular weight excluding hydrogens is 386 g/mol. The number of imide groups is 1. The molecule has 1 aromatic carbocycles. The van der Waals surface area contributed by atoms with Crippen LogP contribution in [-0.4, -0.2) is 45.2 Å². The lowest BCUT2D eigenvalue weighted by Gasteiger charge is -2.29. The van der Waals surface area contributed by atoms with Crippen molar-refractivity contribution in [1.29, 1.82) is 0 Å². The van der Waals surface area contributed by atoms with Crippen LogP contribution >= 0.6 is 0 Å². The zero-order chi connectivity index (χ0) is 20.7. The first kappa shape index (κ1) is 21.7. The number of carbonyl (C=O) groups excluding carboxylic acids is 3. The normalized spacial score (nSPS) is 19.4. The van der Waals surface area contributed by atoms with E-state index < -0.39 is 34.5 Å². The maximum atomic E-state index is 12.2. The summed E-state index contributed by atoms with van der Waals surface area (Å²) < 4.78 is 29.9. The summed E-state index contributed by atoms with van der Waals surface area (Å²) in [5, 5.41) is 4.90. The Morgan fingerprint density at radius 3 is 2.50 bits per heavy atom. The number of sulfonamides is 1. The first-order valence-corrected chi connectivity index (χ1v) is 10.9. The molecule has 1 fully saturated rings. The quantitative estimate of drug-likeness (QED) is 0.610. The Kier molecular flexibility index (Phi) is 7.38. The molecule has 1 aliphatic carbocycles. The molecule has 10 heteroatoms. The molecule has 0 bridgehead atoms.